The third-order valence-electron chi connectivity index (χ3n) is 4.23. The minimum absolute atomic E-state index is 0.0598. The molecule has 2 rings (SSSR count). The first-order valence-corrected chi connectivity index (χ1v) is 7.07. The molecule has 3 heteroatoms. The van der Waals surface area contributed by atoms with Crippen LogP contribution in [0.5, 0.6) is 0 Å². The number of hydrogen-bond donors (Lipinski definition) is 0. The number of carbonyl (C=O) groups excluding carboxylic acids is 1. The lowest BCUT2D eigenvalue weighted by Gasteiger charge is -2.41. The molecule has 3 unspecified atom stereocenters. The summed E-state index contributed by atoms with van der Waals surface area (Å²) in [5.41, 5.74) is 1.25. The molecular weight excluding hydrogens is 238 g/mol. The van der Waals surface area contributed by atoms with Crippen LogP contribution in [0.3, 0.4) is 0 Å². The van der Waals surface area contributed by atoms with E-state index < -0.39 is 0 Å². The van der Waals surface area contributed by atoms with Gasteiger partial charge in [-0.15, -0.1) is 0 Å². The Morgan fingerprint density at radius 1 is 1.37 bits per heavy atom. The Balaban J connectivity index is 2.27. The standard InChI is InChI=1S/C16H23NO2/c1-4-19-16(18)15-12(2)17(3)11-10-14(15)13-8-6-5-7-9-13/h5-9,12,14-15H,4,10-11H2,1-3H3. The monoisotopic (exact) mass is 261 g/mol. The molecular formula is C16H23NO2. The van der Waals surface area contributed by atoms with E-state index >= 15 is 0 Å². The lowest BCUT2D eigenvalue weighted by molar-refractivity contribution is -0.152. The van der Waals surface area contributed by atoms with Crippen molar-refractivity contribution in [2.75, 3.05) is 20.2 Å². The molecule has 1 aromatic carbocycles. The first-order chi connectivity index (χ1) is 9.15. The SMILES string of the molecule is CCOC(=O)C1C(c2ccccc2)CCN(C)C1C. The second-order valence-corrected chi connectivity index (χ2v) is 5.30. The van der Waals surface area contributed by atoms with Crippen molar-refractivity contribution >= 4 is 5.97 Å². The third kappa shape index (κ3) is 2.98. The third-order valence-corrected chi connectivity index (χ3v) is 4.23. The van der Waals surface area contributed by atoms with Crippen LogP contribution in [0.25, 0.3) is 0 Å². The predicted molar refractivity (Wildman–Crippen MR) is 76.0 cm³/mol. The second kappa shape index (κ2) is 6.20. The Hall–Kier alpha value is -1.35. The van der Waals surface area contributed by atoms with E-state index in [1.165, 1.54) is 5.56 Å². The minimum Gasteiger partial charge on any atom is -0.466 e. The van der Waals surface area contributed by atoms with Gasteiger partial charge in [0.1, 0.15) is 0 Å². The van der Waals surface area contributed by atoms with Gasteiger partial charge in [0.2, 0.25) is 0 Å². The van der Waals surface area contributed by atoms with Crippen LogP contribution < -0.4 is 0 Å². The normalized spacial score (nSPS) is 28.1. The Labute approximate surface area is 115 Å². The summed E-state index contributed by atoms with van der Waals surface area (Å²) in [5, 5.41) is 0. The predicted octanol–water partition coefficient (Wildman–Crippen LogP) is 2.67. The highest BCUT2D eigenvalue weighted by molar-refractivity contribution is 5.74. The number of carbonyl (C=O) groups is 1. The number of hydrogen-bond acceptors (Lipinski definition) is 3. The zero-order valence-electron chi connectivity index (χ0n) is 12.0. The largest absolute Gasteiger partial charge is 0.466 e. The molecule has 3 atom stereocenters. The molecule has 1 aromatic rings. The molecule has 1 saturated heterocycles. The Morgan fingerprint density at radius 3 is 2.68 bits per heavy atom. The molecule has 0 saturated carbocycles. The molecule has 1 aliphatic rings. The maximum Gasteiger partial charge on any atom is 0.311 e. The maximum atomic E-state index is 12.3. The van der Waals surface area contributed by atoms with Crippen molar-refractivity contribution in [1.29, 1.82) is 0 Å². The fourth-order valence-corrected chi connectivity index (χ4v) is 3.01. The summed E-state index contributed by atoms with van der Waals surface area (Å²) in [6.45, 7) is 5.47. The van der Waals surface area contributed by atoms with E-state index in [1.54, 1.807) is 0 Å². The highest BCUT2D eigenvalue weighted by atomic mass is 16.5. The van der Waals surface area contributed by atoms with Gasteiger partial charge in [0.25, 0.3) is 0 Å². The van der Waals surface area contributed by atoms with E-state index in [0.717, 1.165) is 13.0 Å². The van der Waals surface area contributed by atoms with E-state index in [-0.39, 0.29) is 23.8 Å². The van der Waals surface area contributed by atoms with Crippen LogP contribution in [-0.2, 0) is 9.53 Å². The topological polar surface area (TPSA) is 29.5 Å². The van der Waals surface area contributed by atoms with Crippen LogP contribution in [0.2, 0.25) is 0 Å². The Bertz CT molecular complexity index is 418. The summed E-state index contributed by atoms with van der Waals surface area (Å²) in [5.74, 6) is 0.142. The summed E-state index contributed by atoms with van der Waals surface area (Å²) in [7, 11) is 2.08. The van der Waals surface area contributed by atoms with Gasteiger partial charge in [-0.05, 0) is 45.3 Å². The van der Waals surface area contributed by atoms with E-state index in [9.17, 15) is 4.79 Å². The summed E-state index contributed by atoms with van der Waals surface area (Å²) in [6, 6.07) is 10.6. The molecule has 0 N–H and O–H groups in total. The van der Waals surface area contributed by atoms with Gasteiger partial charge in [-0.3, -0.25) is 4.79 Å². The van der Waals surface area contributed by atoms with Gasteiger partial charge >= 0.3 is 5.97 Å². The first-order valence-electron chi connectivity index (χ1n) is 7.07. The molecule has 0 bridgehead atoms. The molecule has 19 heavy (non-hydrogen) atoms. The molecule has 0 spiro atoms. The van der Waals surface area contributed by atoms with Crippen molar-refractivity contribution in [1.82, 2.24) is 4.90 Å². The van der Waals surface area contributed by atoms with Crippen LogP contribution in [0.1, 0.15) is 31.7 Å². The zero-order valence-corrected chi connectivity index (χ0v) is 12.0. The van der Waals surface area contributed by atoms with E-state index in [4.69, 9.17) is 4.74 Å². The van der Waals surface area contributed by atoms with Crippen LogP contribution >= 0.6 is 0 Å². The molecule has 0 aliphatic carbocycles. The Kier molecular flexibility index (Phi) is 4.59. The lowest BCUT2D eigenvalue weighted by Crippen LogP contribution is -2.48. The second-order valence-electron chi connectivity index (χ2n) is 5.30. The molecule has 0 radical (unpaired) electrons. The number of rotatable bonds is 3. The zero-order chi connectivity index (χ0) is 13.8. The smallest absolute Gasteiger partial charge is 0.311 e. The van der Waals surface area contributed by atoms with Gasteiger partial charge in [-0.1, -0.05) is 30.3 Å². The average molecular weight is 261 g/mol. The van der Waals surface area contributed by atoms with E-state index in [2.05, 4.69) is 31.0 Å². The molecule has 1 fully saturated rings. The van der Waals surface area contributed by atoms with Crippen molar-refractivity contribution in [3.05, 3.63) is 35.9 Å². The van der Waals surface area contributed by atoms with Crippen LogP contribution in [-0.4, -0.2) is 37.1 Å². The fraction of sp³-hybridized carbons (Fsp3) is 0.562. The maximum absolute atomic E-state index is 12.3. The van der Waals surface area contributed by atoms with E-state index in [0.29, 0.717) is 6.61 Å². The minimum atomic E-state index is -0.0684. The van der Waals surface area contributed by atoms with Gasteiger partial charge in [-0.25, -0.2) is 0 Å². The van der Waals surface area contributed by atoms with Crippen LogP contribution in [0, 0.1) is 5.92 Å². The number of likely N-dealkylation sites (tertiary alicyclic amines) is 1. The van der Waals surface area contributed by atoms with Gasteiger partial charge < -0.3 is 9.64 Å². The van der Waals surface area contributed by atoms with Crippen molar-refractivity contribution in [2.45, 2.75) is 32.2 Å². The van der Waals surface area contributed by atoms with Crippen molar-refractivity contribution in [3.8, 4) is 0 Å². The Morgan fingerprint density at radius 2 is 2.05 bits per heavy atom. The van der Waals surface area contributed by atoms with Gasteiger partial charge in [0, 0.05) is 6.04 Å². The number of esters is 1. The summed E-state index contributed by atoms with van der Waals surface area (Å²) in [6.07, 6.45) is 1.01. The lowest BCUT2D eigenvalue weighted by atomic mass is 9.76. The van der Waals surface area contributed by atoms with Crippen molar-refractivity contribution in [2.24, 2.45) is 5.92 Å². The highest BCUT2D eigenvalue weighted by Crippen LogP contribution is 2.36. The molecule has 104 valence electrons. The van der Waals surface area contributed by atoms with E-state index in [1.807, 2.05) is 25.1 Å². The van der Waals surface area contributed by atoms with Crippen molar-refractivity contribution < 1.29 is 9.53 Å². The van der Waals surface area contributed by atoms with Gasteiger partial charge in [0.05, 0.1) is 12.5 Å². The molecule has 3 nitrogen and oxygen atoms in total. The molecule has 0 aromatic heterocycles. The molecule has 0 amide bonds. The molecule has 1 aliphatic heterocycles. The fourth-order valence-electron chi connectivity index (χ4n) is 3.01. The number of nitrogens with zero attached hydrogens (tertiary/aromatic N) is 1. The summed E-state index contributed by atoms with van der Waals surface area (Å²) in [4.78, 5) is 14.5. The first kappa shape index (κ1) is 14.1. The summed E-state index contributed by atoms with van der Waals surface area (Å²) >= 11 is 0. The van der Waals surface area contributed by atoms with Gasteiger partial charge in [-0.2, -0.15) is 0 Å². The number of ether oxygens (including phenoxy) is 1. The number of benzene rings is 1. The summed E-state index contributed by atoms with van der Waals surface area (Å²) < 4.78 is 5.29. The van der Waals surface area contributed by atoms with Crippen LogP contribution in [0.4, 0.5) is 0 Å². The van der Waals surface area contributed by atoms with Crippen LogP contribution in [0.15, 0.2) is 30.3 Å². The average Bonchev–Trinajstić information content (AvgIpc) is 2.42. The molecule has 1 heterocycles. The quantitative estimate of drug-likeness (QED) is 0.783. The van der Waals surface area contributed by atoms with Crippen molar-refractivity contribution in [3.63, 3.8) is 0 Å². The number of piperidine rings is 1. The van der Waals surface area contributed by atoms with Gasteiger partial charge in [0.15, 0.2) is 0 Å². The highest BCUT2D eigenvalue weighted by Gasteiger charge is 2.40.